The fourth-order valence-electron chi connectivity index (χ4n) is 3.53. The van der Waals surface area contributed by atoms with Gasteiger partial charge in [-0.2, -0.15) is 0 Å². The molecule has 1 aliphatic carbocycles. The van der Waals surface area contributed by atoms with E-state index in [9.17, 15) is 0 Å². The summed E-state index contributed by atoms with van der Waals surface area (Å²) in [7, 11) is 0. The van der Waals surface area contributed by atoms with Crippen LogP contribution in [-0.2, 0) is 13.0 Å². The van der Waals surface area contributed by atoms with Crippen molar-refractivity contribution in [2.45, 2.75) is 59.9 Å². The number of fused-ring (bicyclic) bond motifs is 1. The average molecular weight is 399 g/mol. The Bertz CT molecular complexity index is 824. The highest BCUT2D eigenvalue weighted by molar-refractivity contribution is 6.31. The molecule has 1 aliphatic rings. The van der Waals surface area contributed by atoms with Gasteiger partial charge in [0, 0.05) is 0 Å². The monoisotopic (exact) mass is 398 g/mol. The number of aromatic nitrogens is 1. The molecule has 3 nitrogen and oxygen atoms in total. The van der Waals surface area contributed by atoms with Crippen molar-refractivity contribution in [1.29, 1.82) is 0 Å². The normalized spacial score (nSPS) is 18.2. The van der Waals surface area contributed by atoms with Gasteiger partial charge in [-0.1, -0.05) is 76.0 Å². The molecule has 0 amide bonds. The van der Waals surface area contributed by atoms with Gasteiger partial charge in [0.25, 0.3) is 0 Å². The number of benzene rings is 1. The fraction of sp³-hybridized carbons (Fsp3) is 0.500. The molecule has 150 valence electrons. The number of unbranched alkanes of at least 4 members (excludes halogenated alkanes) is 1. The highest BCUT2D eigenvalue weighted by atomic mass is 35.5. The van der Waals surface area contributed by atoms with Crippen LogP contribution in [0.1, 0.15) is 63.8 Å². The summed E-state index contributed by atoms with van der Waals surface area (Å²) in [5.74, 6) is 1.21. The first kappa shape index (κ1) is 20.9. The van der Waals surface area contributed by atoms with Gasteiger partial charge >= 0.3 is 0 Å². The zero-order valence-electron chi connectivity index (χ0n) is 17.5. The van der Waals surface area contributed by atoms with Crippen molar-refractivity contribution in [1.82, 2.24) is 4.98 Å². The van der Waals surface area contributed by atoms with Crippen molar-refractivity contribution >= 4 is 17.3 Å². The summed E-state index contributed by atoms with van der Waals surface area (Å²) in [5.41, 5.74) is 4.62. The molecule has 1 aromatic heterocycles. The van der Waals surface area contributed by atoms with Crippen LogP contribution in [0, 0.1) is 11.3 Å². The van der Waals surface area contributed by atoms with Crippen molar-refractivity contribution in [3.05, 3.63) is 58.4 Å². The summed E-state index contributed by atoms with van der Waals surface area (Å²) in [4.78, 5) is 9.67. The number of aliphatic imine (C=N–C) groups is 1. The number of halogens is 1. The minimum absolute atomic E-state index is 0.202. The van der Waals surface area contributed by atoms with Crippen LogP contribution in [-0.4, -0.2) is 17.3 Å². The SMILES string of the molecule is CCCCOc1cc2c(nc1Cl)C(=NCc1ccccc1)CC(C(C)(C)C)C2. The molecule has 0 saturated carbocycles. The van der Waals surface area contributed by atoms with E-state index in [1.807, 2.05) is 6.07 Å². The van der Waals surface area contributed by atoms with Gasteiger partial charge in [-0.25, -0.2) is 4.98 Å². The zero-order chi connectivity index (χ0) is 20.1. The Morgan fingerprint density at radius 1 is 1.18 bits per heavy atom. The summed E-state index contributed by atoms with van der Waals surface area (Å²) in [6, 6.07) is 12.5. The molecule has 1 heterocycles. The summed E-state index contributed by atoms with van der Waals surface area (Å²) in [6.07, 6.45) is 4.03. The maximum atomic E-state index is 6.46. The quantitative estimate of drug-likeness (QED) is 0.410. The Morgan fingerprint density at radius 2 is 1.93 bits per heavy atom. The van der Waals surface area contributed by atoms with E-state index in [1.54, 1.807) is 0 Å². The van der Waals surface area contributed by atoms with Crippen molar-refractivity contribution in [2.75, 3.05) is 6.61 Å². The lowest BCUT2D eigenvalue weighted by Gasteiger charge is -2.35. The third-order valence-corrected chi connectivity index (χ3v) is 5.75. The van der Waals surface area contributed by atoms with Gasteiger partial charge in [0.2, 0.25) is 0 Å². The fourth-order valence-corrected chi connectivity index (χ4v) is 3.73. The number of hydrogen-bond acceptors (Lipinski definition) is 3. The van der Waals surface area contributed by atoms with E-state index >= 15 is 0 Å². The van der Waals surface area contributed by atoms with Gasteiger partial charge in [0.05, 0.1) is 24.6 Å². The van der Waals surface area contributed by atoms with Crippen molar-refractivity contribution < 1.29 is 4.74 Å². The molecule has 1 aromatic carbocycles. The molecule has 0 fully saturated rings. The Hall–Kier alpha value is -1.87. The molecule has 0 saturated heterocycles. The smallest absolute Gasteiger partial charge is 0.171 e. The standard InChI is InChI=1S/C24H31ClN2O/c1-5-6-12-28-21-14-18-13-19(24(2,3)4)15-20(22(18)27-23(21)25)26-16-17-10-8-7-9-11-17/h7-11,14,19H,5-6,12-13,15-16H2,1-4H3. The number of ether oxygens (including phenoxy) is 1. The van der Waals surface area contributed by atoms with E-state index < -0.39 is 0 Å². The highest BCUT2D eigenvalue weighted by Gasteiger charge is 2.33. The number of rotatable bonds is 6. The van der Waals surface area contributed by atoms with Crippen LogP contribution in [0.25, 0.3) is 0 Å². The van der Waals surface area contributed by atoms with Crippen LogP contribution in [0.5, 0.6) is 5.75 Å². The third-order valence-electron chi connectivity index (χ3n) is 5.48. The molecular weight excluding hydrogens is 368 g/mol. The number of nitrogens with zero attached hydrogens (tertiary/aromatic N) is 2. The Labute approximate surface area is 174 Å². The molecule has 2 aromatic rings. The van der Waals surface area contributed by atoms with Crippen LogP contribution in [0.4, 0.5) is 0 Å². The second kappa shape index (κ2) is 9.09. The zero-order valence-corrected chi connectivity index (χ0v) is 18.2. The van der Waals surface area contributed by atoms with Gasteiger partial charge in [-0.05, 0) is 47.8 Å². The maximum Gasteiger partial charge on any atom is 0.171 e. The lowest BCUT2D eigenvalue weighted by Crippen LogP contribution is -2.31. The third kappa shape index (κ3) is 5.14. The highest BCUT2D eigenvalue weighted by Crippen LogP contribution is 2.39. The van der Waals surface area contributed by atoms with Crippen LogP contribution >= 0.6 is 11.6 Å². The summed E-state index contributed by atoms with van der Waals surface area (Å²) in [5, 5.41) is 0.441. The molecule has 0 bridgehead atoms. The summed E-state index contributed by atoms with van der Waals surface area (Å²) < 4.78 is 5.89. The molecular formula is C24H31ClN2O. The van der Waals surface area contributed by atoms with Gasteiger partial charge in [-0.3, -0.25) is 4.99 Å². The van der Waals surface area contributed by atoms with Crippen LogP contribution in [0.3, 0.4) is 0 Å². The summed E-state index contributed by atoms with van der Waals surface area (Å²) in [6.45, 7) is 10.4. The summed E-state index contributed by atoms with van der Waals surface area (Å²) >= 11 is 6.46. The second-order valence-corrected chi connectivity index (χ2v) is 9.06. The van der Waals surface area contributed by atoms with E-state index in [1.165, 1.54) is 11.1 Å². The molecule has 0 spiro atoms. The Morgan fingerprint density at radius 3 is 2.61 bits per heavy atom. The van der Waals surface area contributed by atoms with E-state index in [2.05, 4.69) is 58.0 Å². The average Bonchev–Trinajstić information content (AvgIpc) is 2.67. The van der Waals surface area contributed by atoms with Gasteiger partial charge in [0.1, 0.15) is 0 Å². The number of hydrogen-bond donors (Lipinski definition) is 0. The maximum absolute atomic E-state index is 6.46. The first-order valence-corrected chi connectivity index (χ1v) is 10.7. The first-order chi connectivity index (χ1) is 13.4. The molecule has 4 heteroatoms. The van der Waals surface area contributed by atoms with Gasteiger partial charge in [-0.15, -0.1) is 0 Å². The predicted octanol–water partition coefficient (Wildman–Crippen LogP) is 6.51. The molecule has 28 heavy (non-hydrogen) atoms. The predicted molar refractivity (Wildman–Crippen MR) is 118 cm³/mol. The second-order valence-electron chi connectivity index (χ2n) is 8.71. The van der Waals surface area contributed by atoms with Crippen molar-refractivity contribution in [3.63, 3.8) is 0 Å². The Balaban J connectivity index is 1.93. The Kier molecular flexibility index (Phi) is 6.77. The van der Waals surface area contributed by atoms with Crippen LogP contribution in [0.2, 0.25) is 5.15 Å². The van der Waals surface area contributed by atoms with Crippen LogP contribution in [0.15, 0.2) is 41.4 Å². The molecule has 1 unspecified atom stereocenters. The topological polar surface area (TPSA) is 34.5 Å². The first-order valence-electron chi connectivity index (χ1n) is 10.3. The number of pyridine rings is 1. The lowest BCUT2D eigenvalue weighted by molar-refractivity contribution is 0.241. The van der Waals surface area contributed by atoms with E-state index in [-0.39, 0.29) is 5.41 Å². The molecule has 0 N–H and O–H groups in total. The van der Waals surface area contributed by atoms with E-state index in [4.69, 9.17) is 26.3 Å². The van der Waals surface area contributed by atoms with E-state index in [0.717, 1.165) is 37.1 Å². The largest absolute Gasteiger partial charge is 0.490 e. The molecule has 3 rings (SSSR count). The molecule has 0 radical (unpaired) electrons. The van der Waals surface area contributed by atoms with Gasteiger partial charge < -0.3 is 4.74 Å². The van der Waals surface area contributed by atoms with E-state index in [0.29, 0.717) is 30.0 Å². The molecule has 0 aliphatic heterocycles. The molecule has 1 atom stereocenters. The van der Waals surface area contributed by atoms with Crippen molar-refractivity contribution in [3.8, 4) is 5.75 Å². The van der Waals surface area contributed by atoms with Crippen molar-refractivity contribution in [2.24, 2.45) is 16.3 Å². The lowest BCUT2D eigenvalue weighted by atomic mass is 9.71. The van der Waals surface area contributed by atoms with Gasteiger partial charge in [0.15, 0.2) is 10.9 Å². The minimum atomic E-state index is 0.202. The van der Waals surface area contributed by atoms with Crippen LogP contribution < -0.4 is 4.74 Å². The minimum Gasteiger partial charge on any atom is -0.490 e.